The Morgan fingerprint density at radius 3 is 1.00 bits per heavy atom. The van der Waals surface area contributed by atoms with Gasteiger partial charge >= 0.3 is 25.9 Å². The maximum Gasteiger partial charge on any atom is 0.469 e. The van der Waals surface area contributed by atoms with Crippen LogP contribution in [0.4, 0.5) is 0 Å². The molecular weight excluding hydrogens is 381 g/mol. The highest BCUT2D eigenvalue weighted by atomic mass is 28.5. The van der Waals surface area contributed by atoms with Crippen LogP contribution >= 0.6 is 0 Å². The van der Waals surface area contributed by atoms with Gasteiger partial charge in [-0.25, -0.2) is 0 Å². The summed E-state index contributed by atoms with van der Waals surface area (Å²) in [4.78, 5) is 0. The van der Waals surface area contributed by atoms with Crippen LogP contribution in [-0.4, -0.2) is 53.0 Å². The molecule has 0 unspecified atom stereocenters. The summed E-state index contributed by atoms with van der Waals surface area (Å²) in [5.74, 6) is 0. The molecule has 0 aliphatic carbocycles. The lowest BCUT2D eigenvalue weighted by atomic mass is 11.9. The first-order valence-electron chi connectivity index (χ1n) is 8.10. The minimum Gasteiger partial charge on any atom is -0.439 e. The molecule has 0 aromatic rings. The molecule has 0 atom stereocenters. The Morgan fingerprint density at radius 2 is 0.773 bits per heavy atom. The minimum absolute atomic E-state index is 1.15. The van der Waals surface area contributed by atoms with E-state index in [-0.39, 0.29) is 0 Å². The van der Waals surface area contributed by atoms with Crippen LogP contribution in [0.5, 0.6) is 0 Å². The fraction of sp³-hybridized carbons (Fsp3) is 1.00. The van der Waals surface area contributed by atoms with Crippen molar-refractivity contribution in [2.45, 2.75) is 72.0 Å². The maximum atomic E-state index is 6.42. The molecule has 0 bridgehead atoms. The fourth-order valence-corrected chi connectivity index (χ4v) is 25.3. The molecule has 0 saturated carbocycles. The van der Waals surface area contributed by atoms with Crippen LogP contribution in [0.1, 0.15) is 0 Å². The number of hydrogen-bond acceptors (Lipinski definition) is 5. The average Bonchev–Trinajstić information content (AvgIpc) is 2.05. The highest BCUT2D eigenvalue weighted by Gasteiger charge is 2.48. The van der Waals surface area contributed by atoms with Gasteiger partial charge in [0.05, 0.1) is 0 Å². The summed E-state index contributed by atoms with van der Waals surface area (Å²) in [6, 6.07) is 0. The minimum atomic E-state index is -2.74. The molecule has 0 spiro atoms. The van der Waals surface area contributed by atoms with Crippen LogP contribution in [0, 0.1) is 0 Å². The second-order valence-corrected chi connectivity index (χ2v) is 25.4. The normalized spacial score (nSPS) is 14.5. The summed E-state index contributed by atoms with van der Waals surface area (Å²) in [5.41, 5.74) is 0. The first kappa shape index (κ1) is 23.1. The summed E-state index contributed by atoms with van der Waals surface area (Å²) in [6.07, 6.45) is 0. The van der Waals surface area contributed by atoms with Gasteiger partial charge in [0.25, 0.3) is 0 Å². The SMILES string of the molecule is C[SiH](C)O[Si](C)(C)O[Si](C)(O[SiH](C)C)O[Si](C)(C)O[SiH](C)C. The lowest BCUT2D eigenvalue weighted by molar-refractivity contribution is 0.221. The van der Waals surface area contributed by atoms with Gasteiger partial charge in [0.2, 0.25) is 0 Å². The van der Waals surface area contributed by atoms with Crippen molar-refractivity contribution in [1.29, 1.82) is 0 Å². The van der Waals surface area contributed by atoms with Crippen molar-refractivity contribution in [2.75, 3.05) is 0 Å². The van der Waals surface area contributed by atoms with Gasteiger partial charge in [-0.3, -0.25) is 0 Å². The van der Waals surface area contributed by atoms with Gasteiger partial charge in [0.15, 0.2) is 27.1 Å². The molecular formula is C11H36O5Si6. The first-order chi connectivity index (χ1) is 9.66. The Hall–Kier alpha value is 1.10. The van der Waals surface area contributed by atoms with E-state index in [2.05, 4.69) is 65.5 Å². The summed E-state index contributed by atoms with van der Waals surface area (Å²) in [5, 5.41) is 0. The van der Waals surface area contributed by atoms with Crippen molar-refractivity contribution < 1.29 is 20.6 Å². The van der Waals surface area contributed by atoms with Gasteiger partial charge < -0.3 is 20.6 Å². The second-order valence-electron chi connectivity index (χ2n) is 7.37. The van der Waals surface area contributed by atoms with Gasteiger partial charge in [0, 0.05) is 6.55 Å². The Morgan fingerprint density at radius 1 is 0.500 bits per heavy atom. The van der Waals surface area contributed by atoms with Crippen molar-refractivity contribution in [3.63, 3.8) is 0 Å². The van der Waals surface area contributed by atoms with Gasteiger partial charge in [-0.1, -0.05) is 0 Å². The molecule has 0 amide bonds. The Bertz CT molecular complexity index is 313. The molecule has 0 radical (unpaired) electrons. The molecule has 0 aromatic heterocycles. The van der Waals surface area contributed by atoms with Crippen molar-refractivity contribution >= 4 is 53.0 Å². The van der Waals surface area contributed by atoms with Crippen molar-refractivity contribution in [2.24, 2.45) is 0 Å². The van der Waals surface area contributed by atoms with E-state index in [4.69, 9.17) is 20.6 Å². The zero-order valence-corrected chi connectivity index (χ0v) is 22.7. The molecule has 0 rings (SSSR count). The van der Waals surface area contributed by atoms with Crippen LogP contribution in [0.15, 0.2) is 0 Å². The van der Waals surface area contributed by atoms with E-state index in [1.807, 2.05) is 6.55 Å². The highest BCUT2D eigenvalue weighted by Crippen LogP contribution is 2.24. The standard InChI is InChI=1S/C11H36O5Si6/c1-17(2)12-20(7,8)15-22(11,14-19(5)6)16-21(9,10)13-18(3)4/h17-19H,1-11H3. The third-order valence-corrected chi connectivity index (χ3v) is 21.2. The summed E-state index contributed by atoms with van der Waals surface area (Å²) >= 11 is 0. The van der Waals surface area contributed by atoms with E-state index in [1.54, 1.807) is 0 Å². The van der Waals surface area contributed by atoms with Gasteiger partial charge in [-0.05, 0) is 65.5 Å². The Kier molecular flexibility index (Phi) is 9.43. The van der Waals surface area contributed by atoms with Gasteiger partial charge in [0.1, 0.15) is 0 Å². The van der Waals surface area contributed by atoms with Crippen LogP contribution in [0.3, 0.4) is 0 Å². The summed E-state index contributed by atoms with van der Waals surface area (Å²) < 4.78 is 31.4. The van der Waals surface area contributed by atoms with Crippen LogP contribution < -0.4 is 0 Å². The topological polar surface area (TPSA) is 46.2 Å². The molecule has 5 nitrogen and oxygen atoms in total. The van der Waals surface area contributed by atoms with Crippen LogP contribution in [0.25, 0.3) is 0 Å². The maximum absolute atomic E-state index is 6.42. The van der Waals surface area contributed by atoms with E-state index in [9.17, 15) is 0 Å². The van der Waals surface area contributed by atoms with Gasteiger partial charge in [-0.15, -0.1) is 0 Å². The predicted octanol–water partition coefficient (Wildman–Crippen LogP) is 2.99. The predicted molar refractivity (Wildman–Crippen MR) is 109 cm³/mol. The van der Waals surface area contributed by atoms with E-state index in [0.29, 0.717) is 0 Å². The van der Waals surface area contributed by atoms with Crippen molar-refractivity contribution in [1.82, 2.24) is 0 Å². The average molecular weight is 417 g/mol. The summed E-state index contributed by atoms with van der Waals surface area (Å²) in [6.45, 7) is 23.3. The largest absolute Gasteiger partial charge is 0.469 e. The second kappa shape index (κ2) is 8.98. The monoisotopic (exact) mass is 416 g/mol. The van der Waals surface area contributed by atoms with Crippen LogP contribution in [0.2, 0.25) is 72.0 Å². The third-order valence-electron chi connectivity index (χ3n) is 2.35. The lowest BCUT2D eigenvalue weighted by Crippen LogP contribution is -2.60. The van der Waals surface area contributed by atoms with Crippen molar-refractivity contribution in [3.8, 4) is 0 Å². The quantitative estimate of drug-likeness (QED) is 0.512. The van der Waals surface area contributed by atoms with E-state index >= 15 is 0 Å². The van der Waals surface area contributed by atoms with E-state index in [0.717, 1.165) is 0 Å². The molecule has 0 saturated heterocycles. The molecule has 0 aliphatic heterocycles. The van der Waals surface area contributed by atoms with Crippen molar-refractivity contribution in [3.05, 3.63) is 0 Å². The molecule has 22 heavy (non-hydrogen) atoms. The molecule has 0 aliphatic rings. The lowest BCUT2D eigenvalue weighted by Gasteiger charge is -2.40. The van der Waals surface area contributed by atoms with E-state index in [1.165, 1.54) is 0 Å². The van der Waals surface area contributed by atoms with E-state index < -0.39 is 53.0 Å². The first-order valence-corrected chi connectivity index (χ1v) is 24.3. The molecule has 0 fully saturated rings. The number of hydrogen-bond donors (Lipinski definition) is 0. The molecule has 0 N–H and O–H groups in total. The smallest absolute Gasteiger partial charge is 0.439 e. The zero-order valence-electron chi connectivity index (χ0n) is 16.3. The zero-order chi connectivity index (χ0) is 17.8. The van der Waals surface area contributed by atoms with Crippen LogP contribution in [-0.2, 0) is 20.6 Å². The Labute approximate surface area is 145 Å². The van der Waals surface area contributed by atoms with Gasteiger partial charge in [-0.2, -0.15) is 0 Å². The molecule has 134 valence electrons. The molecule has 11 heteroatoms. The molecule has 0 aromatic carbocycles. The highest BCUT2D eigenvalue weighted by molar-refractivity contribution is 6.87. The summed E-state index contributed by atoms with van der Waals surface area (Å²) in [7, 11) is -10.8. The number of rotatable bonds is 10. The fourth-order valence-electron chi connectivity index (χ4n) is 2.57. The molecule has 0 heterocycles. The third kappa shape index (κ3) is 10.8. The Balaban J connectivity index is 5.14.